The normalized spacial score (nSPS) is 16.0. The van der Waals surface area contributed by atoms with Gasteiger partial charge in [0.1, 0.15) is 4.90 Å². The summed E-state index contributed by atoms with van der Waals surface area (Å²) in [5.41, 5.74) is -1.10. The summed E-state index contributed by atoms with van der Waals surface area (Å²) < 4.78 is 119. The Morgan fingerprint density at radius 1 is 0.810 bits per heavy atom. The maximum absolute atomic E-state index is 14.3. The number of anilines is 4. The quantitative estimate of drug-likeness (QED) is 0.0273. The number of nitrogens with one attached hydrogen (secondary N) is 2. The van der Waals surface area contributed by atoms with Crippen LogP contribution in [0.5, 0.6) is 0 Å². The van der Waals surface area contributed by atoms with Gasteiger partial charge < -0.3 is 44.2 Å². The number of esters is 1. The molecule has 2 unspecified atom stereocenters. The molecule has 2 aliphatic heterocycles. The molecule has 0 aliphatic carbocycles. The Kier molecular flexibility index (Phi) is 18.6. The van der Waals surface area contributed by atoms with E-state index in [0.717, 1.165) is 40.9 Å². The van der Waals surface area contributed by atoms with Crippen molar-refractivity contribution in [2.45, 2.75) is 91.2 Å². The molecule has 8 rings (SSSR count). The third kappa shape index (κ3) is 14.1. The summed E-state index contributed by atoms with van der Waals surface area (Å²) in [6.07, 6.45) is 1.18. The minimum absolute atomic E-state index is 0.0869. The Bertz CT molecular complexity index is 3390. The Morgan fingerprint density at radius 3 is 2.05 bits per heavy atom. The Balaban J connectivity index is 0.986. The van der Waals surface area contributed by atoms with Crippen molar-refractivity contribution < 1.29 is 59.0 Å². The van der Waals surface area contributed by atoms with Crippen molar-refractivity contribution in [1.82, 2.24) is 9.47 Å². The number of hydrogen-bond donors (Lipinski definition) is 5. The van der Waals surface area contributed by atoms with Gasteiger partial charge in [0, 0.05) is 102 Å². The third-order valence-corrected chi connectivity index (χ3v) is 19.5. The van der Waals surface area contributed by atoms with Crippen LogP contribution in [0.25, 0.3) is 22.4 Å². The van der Waals surface area contributed by atoms with Gasteiger partial charge in [0.25, 0.3) is 19.9 Å². The SMILES string of the molecule is Cc1c(C(=O)OC(C)P(=O)(O)O)c(-c2cccc(N3CCN(c4ccc(NS(=O)(=O)c5ccc(NC(CCN6CCC(O)CC6)CSc6ccccc6)c(S(=O)(=O)C(F)(F)F)c5)cc4)CC3)c2)c(-c2ccc(Cl)cc2)n1C(C)C. The number of halogens is 4. The molecule has 2 saturated heterocycles. The van der Waals surface area contributed by atoms with Crippen LogP contribution in [0.15, 0.2) is 136 Å². The predicted octanol–water partition coefficient (Wildman–Crippen LogP) is 10.9. The molecule has 0 radical (unpaired) electrons. The highest BCUT2D eigenvalue weighted by molar-refractivity contribution is 7.99. The number of piperidine rings is 1. The molecule has 0 bridgehead atoms. The zero-order valence-corrected chi connectivity index (χ0v) is 47.9. The fourth-order valence-corrected chi connectivity index (χ4v) is 13.3. The maximum Gasteiger partial charge on any atom is 0.501 e. The lowest BCUT2D eigenvalue weighted by molar-refractivity contribution is -0.0436. The third-order valence-electron chi connectivity index (χ3n) is 14.1. The number of carbonyl (C=O) groups is 1. The fourth-order valence-electron chi connectivity index (χ4n) is 9.84. The van der Waals surface area contributed by atoms with Gasteiger partial charge in [-0.05, 0) is 137 Å². The number of hydrogen-bond acceptors (Lipinski definition) is 13. The highest BCUT2D eigenvalue weighted by atomic mass is 35.5. The summed E-state index contributed by atoms with van der Waals surface area (Å²) in [4.78, 5) is 39.1. The number of piperazine rings is 1. The number of aliphatic hydroxyl groups is 1. The van der Waals surface area contributed by atoms with Crippen molar-refractivity contribution >= 4 is 79.5 Å². The molecule has 0 spiro atoms. The fraction of sp³-hybridized carbons (Fsp3) is 0.364. The van der Waals surface area contributed by atoms with E-state index in [4.69, 9.17) is 16.3 Å². The lowest BCUT2D eigenvalue weighted by Gasteiger charge is -2.37. The molecule has 24 heteroatoms. The maximum atomic E-state index is 14.3. The molecule has 0 amide bonds. The first-order valence-corrected chi connectivity index (χ1v) is 31.6. The molecular formula is C55H63ClF3N6O10PS3. The smallest absolute Gasteiger partial charge is 0.446 e. The van der Waals surface area contributed by atoms with Gasteiger partial charge in [-0.25, -0.2) is 21.6 Å². The molecule has 3 heterocycles. The van der Waals surface area contributed by atoms with Crippen LogP contribution in [-0.4, -0.2) is 122 Å². The van der Waals surface area contributed by atoms with Gasteiger partial charge in [-0.3, -0.25) is 9.29 Å². The second-order valence-electron chi connectivity index (χ2n) is 19.9. The molecule has 16 nitrogen and oxygen atoms in total. The summed E-state index contributed by atoms with van der Waals surface area (Å²) in [7, 11) is -15.5. The Morgan fingerprint density at radius 2 is 1.44 bits per heavy atom. The second-order valence-corrected chi connectivity index (χ2v) is 26.9. The molecule has 6 aromatic rings. The summed E-state index contributed by atoms with van der Waals surface area (Å²) in [5.74, 6) is -2.23. The van der Waals surface area contributed by atoms with Crippen LogP contribution in [0.1, 0.15) is 62.1 Å². The highest BCUT2D eigenvalue weighted by Gasteiger charge is 2.48. The summed E-state index contributed by atoms with van der Waals surface area (Å²) in [6, 6.07) is 32.5. The van der Waals surface area contributed by atoms with Gasteiger partial charge >= 0.3 is 19.1 Å². The topological polar surface area (TPSA) is 211 Å². The molecule has 2 atom stereocenters. The van der Waals surface area contributed by atoms with Crippen LogP contribution in [-0.2, 0) is 29.2 Å². The average molecular weight is 1190 g/mol. The molecule has 1 aromatic heterocycles. The summed E-state index contributed by atoms with van der Waals surface area (Å²) in [6.45, 7) is 10.8. The van der Waals surface area contributed by atoms with Crippen molar-refractivity contribution in [2.24, 2.45) is 0 Å². The number of rotatable bonds is 20. The van der Waals surface area contributed by atoms with Crippen molar-refractivity contribution in [3.05, 3.63) is 138 Å². The molecule has 0 saturated carbocycles. The number of alkyl halides is 3. The first-order chi connectivity index (χ1) is 37.3. The van der Waals surface area contributed by atoms with E-state index < -0.39 is 66.7 Å². The molecule has 424 valence electrons. The average Bonchev–Trinajstić information content (AvgIpc) is 3.97. The number of likely N-dealkylation sites (tertiary alicyclic amines) is 1. The van der Waals surface area contributed by atoms with Crippen LogP contribution in [0.3, 0.4) is 0 Å². The first kappa shape index (κ1) is 59.6. The molecular weight excluding hydrogens is 1120 g/mol. The van der Waals surface area contributed by atoms with Gasteiger partial charge in [-0.2, -0.15) is 13.2 Å². The van der Waals surface area contributed by atoms with Crippen LogP contribution >= 0.6 is 31.0 Å². The van der Waals surface area contributed by atoms with Crippen molar-refractivity contribution in [1.29, 1.82) is 0 Å². The number of ether oxygens (including phenoxy) is 1. The predicted molar refractivity (Wildman–Crippen MR) is 305 cm³/mol. The number of sulfone groups is 1. The monoisotopic (exact) mass is 1190 g/mol. The number of carbonyl (C=O) groups excluding carboxylic acids is 1. The van der Waals surface area contributed by atoms with Crippen LogP contribution < -0.4 is 19.8 Å². The van der Waals surface area contributed by atoms with Crippen LogP contribution in [0.2, 0.25) is 5.02 Å². The summed E-state index contributed by atoms with van der Waals surface area (Å²) >= 11 is 7.74. The lowest BCUT2D eigenvalue weighted by Crippen LogP contribution is -2.46. The van der Waals surface area contributed by atoms with Crippen molar-refractivity contribution in [3.63, 3.8) is 0 Å². The highest BCUT2D eigenvalue weighted by Crippen LogP contribution is 2.46. The molecule has 2 aliphatic rings. The number of aliphatic hydroxyl groups excluding tert-OH is 1. The number of thioether (sulfide) groups is 1. The number of aromatic nitrogens is 1. The van der Waals surface area contributed by atoms with E-state index >= 15 is 0 Å². The number of sulfonamides is 1. The molecule has 5 aromatic carbocycles. The lowest BCUT2D eigenvalue weighted by atomic mass is 9.96. The largest absolute Gasteiger partial charge is 0.501 e. The van der Waals surface area contributed by atoms with Gasteiger partial charge in [-0.15, -0.1) is 11.8 Å². The first-order valence-electron chi connectivity index (χ1n) is 25.6. The van der Waals surface area contributed by atoms with E-state index in [2.05, 4.69) is 24.7 Å². The van der Waals surface area contributed by atoms with Gasteiger partial charge in [0.05, 0.1) is 27.9 Å². The minimum atomic E-state index is -6.05. The van der Waals surface area contributed by atoms with E-state index in [1.54, 1.807) is 31.2 Å². The minimum Gasteiger partial charge on any atom is -0.446 e. The van der Waals surface area contributed by atoms with Gasteiger partial charge in [0.15, 0.2) is 5.85 Å². The van der Waals surface area contributed by atoms with Crippen LogP contribution in [0.4, 0.5) is 35.9 Å². The zero-order chi connectivity index (χ0) is 57.0. The van der Waals surface area contributed by atoms with Gasteiger partial charge in [0.2, 0.25) is 0 Å². The molecule has 79 heavy (non-hydrogen) atoms. The summed E-state index contributed by atoms with van der Waals surface area (Å²) in [5, 5.41) is 13.5. The Hall–Kier alpha value is -5.55. The van der Waals surface area contributed by atoms with E-state index in [1.807, 2.05) is 85.1 Å². The van der Waals surface area contributed by atoms with E-state index in [9.17, 15) is 54.3 Å². The van der Waals surface area contributed by atoms with Gasteiger partial charge in [-0.1, -0.05) is 54.1 Å². The van der Waals surface area contributed by atoms with Crippen molar-refractivity contribution in [3.8, 4) is 22.4 Å². The Labute approximate surface area is 468 Å². The number of nitrogens with zero attached hydrogens (tertiary/aromatic N) is 4. The van der Waals surface area contributed by atoms with E-state index in [-0.39, 0.29) is 23.0 Å². The number of benzene rings is 5. The van der Waals surface area contributed by atoms with Crippen LogP contribution in [0, 0.1) is 6.92 Å². The second kappa shape index (κ2) is 24.7. The molecule has 2 fully saturated rings. The standard InChI is InChI=1S/C55H63ClF3N6O10PS3/c1-36(2)65-37(3)51(54(67)75-38(4)76(68,69)70)52(53(65)39-13-15-41(56)16-14-39)40-9-8-10-45(33-40)64-31-29-63(30-32-64)44-19-17-42(18-20-44)61-79(73,74)48-21-22-49(50(34-48)78(71,72)55(57,58)59)60-43(35-77-47-11-6-5-7-12-47)23-26-62-27-24-46(66)25-28-62/h5-22,33-34,36,38,43,46,60-61,66H,23-32,35H2,1-4H3,(H2,68,69,70). The van der Waals surface area contributed by atoms with E-state index in [0.29, 0.717) is 104 Å². The molecule has 5 N–H and O–H groups in total. The van der Waals surface area contributed by atoms with E-state index in [1.165, 1.54) is 23.9 Å². The zero-order valence-electron chi connectivity index (χ0n) is 43.8. The van der Waals surface area contributed by atoms with Crippen molar-refractivity contribution in [2.75, 3.05) is 71.4 Å².